The van der Waals surface area contributed by atoms with E-state index >= 15 is 0 Å². The Morgan fingerprint density at radius 1 is 1.10 bits per heavy atom. The normalized spacial score (nSPS) is 67.7. The standard InChI is InChI=1S/C22H35NO6/c1-4-23-10-18(2)6-5-15(24)21-13-7-11-12(29-3)8-20(27,22(13,28)16(11)25)19(26,17(21)23)9-14(18)21/h11-17,24-28H,4-10H2,1-3H3/t11-,12-,13-,14+,15-,16-,17-,18-,19-,20-,21+,22-/m0/s1. The van der Waals surface area contributed by atoms with Crippen molar-refractivity contribution >= 4 is 0 Å². The van der Waals surface area contributed by atoms with Gasteiger partial charge in [0.15, 0.2) is 0 Å². The lowest BCUT2D eigenvalue weighted by Crippen LogP contribution is -2.87. The molecule has 1 aliphatic heterocycles. The lowest BCUT2D eigenvalue weighted by molar-refractivity contribution is -0.364. The third-order valence-electron chi connectivity index (χ3n) is 10.9. The summed E-state index contributed by atoms with van der Waals surface area (Å²) in [6.07, 6.45) is 0.207. The molecule has 6 fully saturated rings. The number of hydrogen-bond donors (Lipinski definition) is 5. The van der Waals surface area contributed by atoms with E-state index in [1.54, 1.807) is 7.11 Å². The van der Waals surface area contributed by atoms with Crippen LogP contribution in [0.5, 0.6) is 0 Å². The number of likely N-dealkylation sites (tertiary alicyclic amines) is 1. The van der Waals surface area contributed by atoms with Crippen LogP contribution in [0.3, 0.4) is 0 Å². The number of aliphatic hydroxyl groups excluding tert-OH is 2. The highest BCUT2D eigenvalue weighted by Gasteiger charge is 2.91. The Kier molecular flexibility index (Phi) is 3.48. The number of aliphatic hydroxyl groups is 5. The first kappa shape index (κ1) is 19.4. The van der Waals surface area contributed by atoms with Crippen LogP contribution < -0.4 is 0 Å². The predicted molar refractivity (Wildman–Crippen MR) is 103 cm³/mol. The Balaban J connectivity index is 1.67. The molecule has 7 bridgehead atoms. The molecular weight excluding hydrogens is 374 g/mol. The number of nitrogens with zero attached hydrogens (tertiary/aromatic N) is 1. The number of rotatable bonds is 2. The van der Waals surface area contributed by atoms with Crippen molar-refractivity contribution in [2.75, 3.05) is 20.2 Å². The summed E-state index contributed by atoms with van der Waals surface area (Å²) in [5, 5.41) is 59.4. The molecule has 7 nitrogen and oxygen atoms in total. The molecule has 0 aromatic carbocycles. The minimum atomic E-state index is -1.87. The van der Waals surface area contributed by atoms with E-state index in [1.165, 1.54) is 0 Å². The topological polar surface area (TPSA) is 114 Å². The van der Waals surface area contributed by atoms with E-state index < -0.39 is 52.5 Å². The summed E-state index contributed by atoms with van der Waals surface area (Å²) in [7, 11) is 1.57. The second-order valence-electron chi connectivity index (χ2n) is 11.4. The van der Waals surface area contributed by atoms with Crippen LogP contribution in [0, 0.1) is 28.6 Å². The quantitative estimate of drug-likeness (QED) is 0.417. The summed E-state index contributed by atoms with van der Waals surface area (Å²) in [5.74, 6) is -0.766. The van der Waals surface area contributed by atoms with Gasteiger partial charge in [-0.05, 0) is 43.6 Å². The van der Waals surface area contributed by atoms with Gasteiger partial charge in [-0.1, -0.05) is 13.8 Å². The molecule has 6 aliphatic rings. The first-order valence-electron chi connectivity index (χ1n) is 11.4. The van der Waals surface area contributed by atoms with E-state index in [-0.39, 0.29) is 23.7 Å². The zero-order valence-corrected chi connectivity index (χ0v) is 17.6. The van der Waals surface area contributed by atoms with Crippen molar-refractivity contribution in [1.82, 2.24) is 4.90 Å². The van der Waals surface area contributed by atoms with Crippen LogP contribution in [0.2, 0.25) is 0 Å². The fourth-order valence-electron chi connectivity index (χ4n) is 10.1. The van der Waals surface area contributed by atoms with Crippen molar-refractivity contribution in [3.05, 3.63) is 0 Å². The van der Waals surface area contributed by atoms with Gasteiger partial charge in [0, 0.05) is 37.3 Å². The van der Waals surface area contributed by atoms with Crippen LogP contribution in [-0.2, 0) is 4.74 Å². The third-order valence-corrected chi connectivity index (χ3v) is 10.9. The second-order valence-corrected chi connectivity index (χ2v) is 11.4. The van der Waals surface area contributed by atoms with Gasteiger partial charge in [0.05, 0.1) is 24.4 Å². The SMILES string of the molecule is CCN1C[C@]2(C)CC[C@H](O)[C@@]34[C@@H]2C[C@](O)([C@H]13)[C@@]1(O)C[C@H](OC)[C@@H]2C[C@@H]4[C@]1(O)[C@H]2O. The number of methoxy groups -OCH3 is 1. The summed E-state index contributed by atoms with van der Waals surface area (Å²) in [6.45, 7) is 5.86. The summed E-state index contributed by atoms with van der Waals surface area (Å²) < 4.78 is 5.66. The predicted octanol–water partition coefficient (Wildman–Crippen LogP) is -0.520. The summed E-state index contributed by atoms with van der Waals surface area (Å²) in [4.78, 5) is 2.25. The van der Waals surface area contributed by atoms with Crippen molar-refractivity contribution in [3.8, 4) is 0 Å². The van der Waals surface area contributed by atoms with Gasteiger partial charge in [0.1, 0.15) is 16.8 Å². The molecule has 6 rings (SSSR count). The molecular formula is C22H35NO6. The molecule has 0 unspecified atom stereocenters. The molecule has 5 N–H and O–H groups in total. The highest BCUT2D eigenvalue weighted by molar-refractivity contribution is 5.42. The molecule has 5 aliphatic carbocycles. The summed E-state index contributed by atoms with van der Waals surface area (Å²) in [6, 6.07) is -0.426. The first-order valence-corrected chi connectivity index (χ1v) is 11.4. The molecule has 0 radical (unpaired) electrons. The van der Waals surface area contributed by atoms with Gasteiger partial charge in [-0.15, -0.1) is 0 Å². The molecule has 12 atom stereocenters. The first-order chi connectivity index (χ1) is 13.6. The second kappa shape index (κ2) is 5.20. The molecule has 164 valence electrons. The Bertz CT molecular complexity index is 766. The maximum absolute atomic E-state index is 12.3. The molecule has 5 saturated carbocycles. The van der Waals surface area contributed by atoms with Crippen molar-refractivity contribution in [2.24, 2.45) is 28.6 Å². The van der Waals surface area contributed by atoms with Crippen molar-refractivity contribution < 1.29 is 30.3 Å². The van der Waals surface area contributed by atoms with E-state index in [9.17, 15) is 25.5 Å². The smallest absolute Gasteiger partial charge is 0.129 e. The highest BCUT2D eigenvalue weighted by atomic mass is 16.5. The Hall–Kier alpha value is -0.280. The summed E-state index contributed by atoms with van der Waals surface area (Å²) >= 11 is 0. The Morgan fingerprint density at radius 2 is 1.83 bits per heavy atom. The van der Waals surface area contributed by atoms with Gasteiger partial charge in [-0.2, -0.15) is 0 Å². The molecule has 0 aromatic rings. The molecule has 1 spiro atoms. The lowest BCUT2D eigenvalue weighted by atomic mass is 9.41. The monoisotopic (exact) mass is 409 g/mol. The zero-order chi connectivity index (χ0) is 20.8. The largest absolute Gasteiger partial charge is 0.392 e. The summed E-state index contributed by atoms with van der Waals surface area (Å²) in [5.41, 5.74) is -6.12. The zero-order valence-electron chi connectivity index (χ0n) is 17.6. The lowest BCUT2D eigenvalue weighted by Gasteiger charge is -2.71. The molecule has 1 saturated heterocycles. The van der Waals surface area contributed by atoms with Gasteiger partial charge >= 0.3 is 0 Å². The minimum Gasteiger partial charge on any atom is -0.392 e. The van der Waals surface area contributed by atoms with Gasteiger partial charge in [0.2, 0.25) is 0 Å². The van der Waals surface area contributed by atoms with E-state index in [1.807, 2.05) is 0 Å². The fourth-order valence-corrected chi connectivity index (χ4v) is 10.1. The van der Waals surface area contributed by atoms with Gasteiger partial charge in [-0.3, -0.25) is 4.90 Å². The number of hydrogen-bond acceptors (Lipinski definition) is 7. The Labute approximate surface area is 171 Å². The number of likely N-dealkylation sites (N-methyl/N-ethyl adjacent to an activating group) is 1. The van der Waals surface area contributed by atoms with Crippen LogP contribution in [-0.4, -0.2) is 91.8 Å². The Morgan fingerprint density at radius 3 is 2.48 bits per heavy atom. The van der Waals surface area contributed by atoms with Gasteiger partial charge in [0.25, 0.3) is 0 Å². The van der Waals surface area contributed by atoms with Crippen molar-refractivity contribution in [3.63, 3.8) is 0 Å². The van der Waals surface area contributed by atoms with E-state index in [0.29, 0.717) is 25.8 Å². The van der Waals surface area contributed by atoms with Crippen LogP contribution >= 0.6 is 0 Å². The molecule has 0 aromatic heterocycles. The molecule has 1 heterocycles. The maximum atomic E-state index is 12.3. The molecule has 0 amide bonds. The molecule has 7 heteroatoms. The minimum absolute atomic E-state index is 0.00662. The van der Waals surface area contributed by atoms with E-state index in [2.05, 4.69) is 18.7 Å². The number of piperidine rings is 1. The average Bonchev–Trinajstić information content (AvgIpc) is 3.04. The highest BCUT2D eigenvalue weighted by Crippen LogP contribution is 2.80. The van der Waals surface area contributed by atoms with Gasteiger partial charge in [-0.25, -0.2) is 0 Å². The van der Waals surface area contributed by atoms with Crippen molar-refractivity contribution in [1.29, 1.82) is 0 Å². The van der Waals surface area contributed by atoms with E-state index in [0.717, 1.165) is 13.0 Å². The van der Waals surface area contributed by atoms with Crippen molar-refractivity contribution in [2.45, 2.75) is 87.1 Å². The third kappa shape index (κ3) is 1.61. The number of fused-ring (bicyclic) bond motifs is 2. The van der Waals surface area contributed by atoms with Gasteiger partial charge < -0.3 is 30.3 Å². The van der Waals surface area contributed by atoms with Crippen LogP contribution in [0.25, 0.3) is 0 Å². The van der Waals surface area contributed by atoms with Crippen LogP contribution in [0.15, 0.2) is 0 Å². The van der Waals surface area contributed by atoms with E-state index in [4.69, 9.17) is 4.74 Å². The fraction of sp³-hybridized carbons (Fsp3) is 1.00. The van der Waals surface area contributed by atoms with Crippen LogP contribution in [0.4, 0.5) is 0 Å². The van der Waals surface area contributed by atoms with Crippen LogP contribution in [0.1, 0.15) is 46.0 Å². The maximum Gasteiger partial charge on any atom is 0.129 e. The average molecular weight is 410 g/mol. The number of ether oxygens (including phenoxy) is 1. The molecule has 29 heavy (non-hydrogen) atoms.